The van der Waals surface area contributed by atoms with E-state index in [0.717, 1.165) is 33.7 Å². The van der Waals surface area contributed by atoms with Crippen molar-refractivity contribution in [3.8, 4) is 11.3 Å². The molecule has 0 aromatic carbocycles. The summed E-state index contributed by atoms with van der Waals surface area (Å²) < 4.78 is 20.6. The second kappa shape index (κ2) is 8.45. The predicted molar refractivity (Wildman–Crippen MR) is 113 cm³/mol. The zero-order chi connectivity index (χ0) is 20.4. The Labute approximate surface area is 169 Å². The highest BCUT2D eigenvalue weighted by Gasteiger charge is 2.20. The summed E-state index contributed by atoms with van der Waals surface area (Å²) in [6, 6.07) is 5.43. The third kappa shape index (κ3) is 3.71. The lowest BCUT2D eigenvalue weighted by Crippen LogP contribution is -2.15. The van der Waals surface area contributed by atoms with E-state index >= 15 is 0 Å². The number of anilines is 1. The van der Waals surface area contributed by atoms with E-state index in [1.807, 2.05) is 42.9 Å². The van der Waals surface area contributed by atoms with E-state index in [-0.39, 0.29) is 6.61 Å². The molecule has 0 unspecified atom stereocenters. The number of aromatic nitrogens is 3. The van der Waals surface area contributed by atoms with Crippen LogP contribution in [-0.4, -0.2) is 42.0 Å². The van der Waals surface area contributed by atoms with Crippen molar-refractivity contribution in [2.75, 3.05) is 32.8 Å². The summed E-state index contributed by atoms with van der Waals surface area (Å²) in [4.78, 5) is 9.53. The van der Waals surface area contributed by atoms with E-state index in [9.17, 15) is 4.39 Å². The molecule has 1 N–H and O–H groups in total. The van der Waals surface area contributed by atoms with Gasteiger partial charge >= 0.3 is 0 Å². The number of hydrogen-bond donors (Lipinski definition) is 1. The molecule has 7 heteroatoms. The maximum atomic E-state index is 13.5. The maximum Gasteiger partial charge on any atom is 0.135 e. The zero-order valence-electron chi connectivity index (χ0n) is 16.9. The van der Waals surface area contributed by atoms with E-state index in [1.165, 1.54) is 0 Å². The molecule has 0 saturated carbocycles. The van der Waals surface area contributed by atoms with E-state index in [4.69, 9.17) is 26.3 Å². The topological polar surface area (TPSA) is 52.0 Å². The van der Waals surface area contributed by atoms with E-state index in [2.05, 4.69) is 19.2 Å². The summed E-state index contributed by atoms with van der Waals surface area (Å²) in [5.74, 6) is 1.06. The fourth-order valence-electron chi connectivity index (χ4n) is 3.37. The van der Waals surface area contributed by atoms with E-state index in [1.54, 1.807) is 7.11 Å². The van der Waals surface area contributed by atoms with Crippen molar-refractivity contribution in [3.05, 3.63) is 40.7 Å². The lowest BCUT2D eigenvalue weighted by Gasteiger charge is -2.16. The minimum absolute atomic E-state index is 0.281. The van der Waals surface area contributed by atoms with Crippen molar-refractivity contribution in [1.29, 1.82) is 0 Å². The molecule has 0 bridgehead atoms. The Morgan fingerprint density at radius 2 is 2.04 bits per heavy atom. The van der Waals surface area contributed by atoms with Gasteiger partial charge in [-0.05, 0) is 36.6 Å². The van der Waals surface area contributed by atoms with Gasteiger partial charge in [-0.25, -0.2) is 14.4 Å². The molecule has 0 amide bonds. The van der Waals surface area contributed by atoms with Crippen LogP contribution < -0.4 is 5.32 Å². The first kappa shape index (κ1) is 20.6. The molecule has 3 aromatic heterocycles. The highest BCUT2D eigenvalue weighted by Crippen LogP contribution is 2.36. The first-order chi connectivity index (χ1) is 13.4. The number of nitrogens with one attached hydrogen (secondary N) is 1. The molecule has 5 nitrogen and oxygen atoms in total. The van der Waals surface area contributed by atoms with Gasteiger partial charge in [-0.15, -0.1) is 0 Å². The Morgan fingerprint density at radius 3 is 2.64 bits per heavy atom. The summed E-state index contributed by atoms with van der Waals surface area (Å²) in [6.45, 7) is 5.92. The first-order valence-corrected chi connectivity index (χ1v) is 9.70. The van der Waals surface area contributed by atoms with Crippen LogP contribution in [0.5, 0.6) is 0 Å². The second-order valence-electron chi connectivity index (χ2n) is 7.21. The molecule has 28 heavy (non-hydrogen) atoms. The molecule has 0 aliphatic rings. The average Bonchev–Trinajstić information content (AvgIpc) is 3.00. The van der Waals surface area contributed by atoms with Gasteiger partial charge in [-0.3, -0.25) is 0 Å². The van der Waals surface area contributed by atoms with Crippen LogP contribution in [0.25, 0.3) is 22.3 Å². The maximum absolute atomic E-state index is 13.5. The van der Waals surface area contributed by atoms with E-state index < -0.39 is 12.7 Å². The van der Waals surface area contributed by atoms with Gasteiger partial charge in [-0.1, -0.05) is 25.4 Å². The predicted octanol–water partition coefficient (Wildman–Crippen LogP) is 5.38. The van der Waals surface area contributed by atoms with Gasteiger partial charge < -0.3 is 14.6 Å². The van der Waals surface area contributed by atoms with Gasteiger partial charge in [0.05, 0.1) is 34.4 Å². The number of methoxy groups -OCH3 is 1. The summed E-state index contributed by atoms with van der Waals surface area (Å²) in [6.07, 6.45) is 1.90. The molecule has 0 aliphatic carbocycles. The van der Waals surface area contributed by atoms with Gasteiger partial charge in [0, 0.05) is 31.6 Å². The van der Waals surface area contributed by atoms with Crippen LogP contribution in [0.4, 0.5) is 10.2 Å². The molecule has 3 aromatic rings. The molecular weight excluding hydrogens is 379 g/mol. The van der Waals surface area contributed by atoms with Crippen molar-refractivity contribution in [2.24, 2.45) is 0 Å². The highest BCUT2D eigenvalue weighted by molar-refractivity contribution is 6.33. The van der Waals surface area contributed by atoms with Gasteiger partial charge in [0.15, 0.2) is 0 Å². The minimum atomic E-state index is -0.527. The largest absolute Gasteiger partial charge is 0.382 e. The number of alkyl halides is 1. The number of nitrogens with zero attached hydrogens (tertiary/aromatic N) is 3. The van der Waals surface area contributed by atoms with Crippen molar-refractivity contribution in [2.45, 2.75) is 32.7 Å². The van der Waals surface area contributed by atoms with Gasteiger partial charge in [-0.2, -0.15) is 0 Å². The molecule has 0 aliphatic heterocycles. The normalized spacial score (nSPS) is 12.7. The molecular formula is C21H26ClFN4O. The molecule has 0 spiro atoms. The number of fused-ring (bicyclic) bond motifs is 1. The highest BCUT2D eigenvalue weighted by atomic mass is 35.5. The molecule has 1 atom stereocenters. The summed E-state index contributed by atoms with van der Waals surface area (Å²) in [7, 11) is 3.40. The van der Waals surface area contributed by atoms with Crippen LogP contribution in [0.15, 0.2) is 24.4 Å². The number of rotatable bonds is 7. The van der Waals surface area contributed by atoms with Crippen molar-refractivity contribution in [3.63, 3.8) is 0 Å². The SMILES string of the molecule is CNc1nc(C(C)C)ccc1-c1nc2c(C)cn([C@@H](CF)COC)c2cc1Cl. The molecule has 0 saturated heterocycles. The fraction of sp³-hybridized carbons (Fsp3) is 0.429. The Bertz CT molecular complexity index is 986. The Hall–Kier alpha value is -2.18. The first-order valence-electron chi connectivity index (χ1n) is 9.32. The Kier molecular flexibility index (Phi) is 6.20. The minimum Gasteiger partial charge on any atom is -0.382 e. The molecule has 3 heterocycles. The lowest BCUT2D eigenvalue weighted by atomic mass is 10.1. The number of ether oxygens (including phenoxy) is 1. The second-order valence-corrected chi connectivity index (χ2v) is 7.61. The summed E-state index contributed by atoms with van der Waals surface area (Å²) >= 11 is 6.62. The van der Waals surface area contributed by atoms with Gasteiger partial charge in [0.25, 0.3) is 0 Å². The number of hydrogen-bond acceptors (Lipinski definition) is 4. The number of pyridine rings is 2. The third-order valence-corrected chi connectivity index (χ3v) is 5.16. The van der Waals surface area contributed by atoms with Crippen LogP contribution in [0.3, 0.4) is 0 Å². The van der Waals surface area contributed by atoms with Crippen LogP contribution in [-0.2, 0) is 4.74 Å². The third-order valence-electron chi connectivity index (χ3n) is 4.87. The van der Waals surface area contributed by atoms with Crippen molar-refractivity contribution >= 4 is 28.5 Å². The van der Waals surface area contributed by atoms with Gasteiger partial charge in [0.1, 0.15) is 12.5 Å². The quantitative estimate of drug-likeness (QED) is 0.574. The zero-order valence-corrected chi connectivity index (χ0v) is 17.6. The van der Waals surface area contributed by atoms with Crippen molar-refractivity contribution in [1.82, 2.24) is 14.5 Å². The molecule has 3 rings (SSSR count). The summed E-state index contributed by atoms with van der Waals surface area (Å²) in [5, 5.41) is 3.65. The number of aryl methyl sites for hydroxylation is 1. The van der Waals surface area contributed by atoms with Crippen molar-refractivity contribution < 1.29 is 9.13 Å². The number of halogens is 2. The average molecular weight is 405 g/mol. The van der Waals surface area contributed by atoms with E-state index in [0.29, 0.717) is 16.6 Å². The molecule has 150 valence electrons. The standard InChI is InChI=1S/C21H26ClFN4O/c1-12(2)17-7-6-15(21(24-4)25-17)20-16(22)8-18-19(26-20)13(3)10-27(18)14(9-23)11-28-5/h6-8,10,12,14H,9,11H2,1-5H3,(H,24,25)/t14-/m0/s1. The smallest absolute Gasteiger partial charge is 0.135 e. The van der Waals surface area contributed by atoms with Crippen LogP contribution in [0, 0.1) is 6.92 Å². The van der Waals surface area contributed by atoms with Crippen LogP contribution in [0.1, 0.15) is 37.1 Å². The Balaban J connectivity index is 2.17. The fourth-order valence-corrected chi connectivity index (χ4v) is 3.61. The molecule has 0 radical (unpaired) electrons. The van der Waals surface area contributed by atoms with Crippen LogP contribution >= 0.6 is 11.6 Å². The van der Waals surface area contributed by atoms with Gasteiger partial charge in [0.2, 0.25) is 0 Å². The van der Waals surface area contributed by atoms with Crippen LogP contribution in [0.2, 0.25) is 5.02 Å². The molecule has 0 fully saturated rings. The monoisotopic (exact) mass is 404 g/mol. The Morgan fingerprint density at radius 1 is 1.29 bits per heavy atom. The summed E-state index contributed by atoms with van der Waals surface area (Å²) in [5.41, 5.74) is 5.04. The lowest BCUT2D eigenvalue weighted by molar-refractivity contribution is 0.142.